The fourth-order valence-corrected chi connectivity index (χ4v) is 3.62. The molecule has 1 aliphatic heterocycles. The first-order chi connectivity index (χ1) is 15.0. The summed E-state index contributed by atoms with van der Waals surface area (Å²) in [5, 5.41) is 14.4. The number of nitrogens with zero attached hydrogens (tertiary/aromatic N) is 4. The highest BCUT2D eigenvalue weighted by molar-refractivity contribution is 6.33. The number of fused-ring (bicyclic) bond motifs is 1. The summed E-state index contributed by atoms with van der Waals surface area (Å²) in [6.45, 7) is 0.375. The number of hydrogen-bond donors (Lipinski definition) is 3. The van der Waals surface area contributed by atoms with Crippen LogP contribution < -0.4 is 16.0 Å². The maximum absolute atomic E-state index is 11.9. The van der Waals surface area contributed by atoms with Crippen molar-refractivity contribution >= 4 is 58.6 Å². The molecule has 3 heterocycles. The molecule has 31 heavy (non-hydrogen) atoms. The molecule has 9 nitrogen and oxygen atoms in total. The van der Waals surface area contributed by atoms with Gasteiger partial charge < -0.3 is 10.6 Å². The van der Waals surface area contributed by atoms with Gasteiger partial charge in [-0.25, -0.2) is 0 Å². The molecule has 0 radical (unpaired) electrons. The van der Waals surface area contributed by atoms with Gasteiger partial charge in [0.1, 0.15) is 0 Å². The Morgan fingerprint density at radius 1 is 1.23 bits per heavy atom. The molecule has 11 heteroatoms. The van der Waals surface area contributed by atoms with Crippen molar-refractivity contribution in [1.82, 2.24) is 24.9 Å². The Bertz CT molecular complexity index is 1250. The van der Waals surface area contributed by atoms with E-state index >= 15 is 0 Å². The SMILES string of the molecule is O=C1C/C(=C\c2cnn3c(NC4CC4)nc(NCc4cc(Cl)ccc4Cl)nc23)C(=O)N1. The highest BCUT2D eigenvalue weighted by atomic mass is 35.5. The van der Waals surface area contributed by atoms with E-state index in [1.165, 1.54) is 0 Å². The van der Waals surface area contributed by atoms with Crippen LogP contribution in [0.2, 0.25) is 10.0 Å². The van der Waals surface area contributed by atoms with Crippen LogP contribution in [0.4, 0.5) is 11.9 Å². The minimum atomic E-state index is -0.399. The number of rotatable bonds is 6. The number of nitrogens with one attached hydrogen (secondary N) is 3. The molecule has 2 aromatic heterocycles. The van der Waals surface area contributed by atoms with Crippen LogP contribution in [0.25, 0.3) is 11.7 Å². The number of halogens is 2. The maximum atomic E-state index is 11.9. The molecule has 2 fully saturated rings. The van der Waals surface area contributed by atoms with Crippen LogP contribution in [0.15, 0.2) is 30.0 Å². The van der Waals surface area contributed by atoms with Gasteiger partial charge in [0.15, 0.2) is 5.65 Å². The Hall–Kier alpha value is -3.17. The zero-order chi connectivity index (χ0) is 21.5. The first-order valence-corrected chi connectivity index (χ1v) is 10.5. The second-order valence-electron chi connectivity index (χ2n) is 7.44. The molecule has 158 valence electrons. The predicted molar refractivity (Wildman–Crippen MR) is 117 cm³/mol. The average Bonchev–Trinajstić information content (AvgIpc) is 3.37. The highest BCUT2D eigenvalue weighted by Crippen LogP contribution is 2.27. The van der Waals surface area contributed by atoms with Gasteiger partial charge >= 0.3 is 0 Å². The minimum Gasteiger partial charge on any atom is -0.351 e. The van der Waals surface area contributed by atoms with Crippen molar-refractivity contribution in [3.63, 3.8) is 0 Å². The zero-order valence-electron chi connectivity index (χ0n) is 16.2. The van der Waals surface area contributed by atoms with Crippen LogP contribution >= 0.6 is 23.2 Å². The minimum absolute atomic E-state index is 0.0345. The van der Waals surface area contributed by atoms with E-state index in [0.717, 1.165) is 18.4 Å². The molecule has 0 bridgehead atoms. The molecule has 1 saturated heterocycles. The fraction of sp³-hybridized carbons (Fsp3) is 0.250. The molecule has 1 aromatic carbocycles. The lowest BCUT2D eigenvalue weighted by Crippen LogP contribution is -2.19. The summed E-state index contributed by atoms with van der Waals surface area (Å²) >= 11 is 12.3. The Balaban J connectivity index is 1.50. The molecular weight excluding hydrogens is 441 g/mol. The van der Waals surface area contributed by atoms with Gasteiger partial charge in [0.25, 0.3) is 5.91 Å². The molecule has 1 saturated carbocycles. The van der Waals surface area contributed by atoms with Crippen LogP contribution in [0.3, 0.4) is 0 Å². The molecule has 5 rings (SSSR count). The summed E-state index contributed by atoms with van der Waals surface area (Å²) in [4.78, 5) is 32.6. The van der Waals surface area contributed by atoms with Crippen LogP contribution in [-0.4, -0.2) is 37.4 Å². The molecule has 2 aliphatic rings. The molecule has 3 aromatic rings. The van der Waals surface area contributed by atoms with E-state index in [0.29, 0.717) is 51.3 Å². The summed E-state index contributed by atoms with van der Waals surface area (Å²) in [5.74, 6) is 0.199. The third-order valence-electron chi connectivity index (χ3n) is 4.98. The van der Waals surface area contributed by atoms with Gasteiger partial charge in [0.05, 0.1) is 12.6 Å². The Labute approximate surface area is 186 Å². The van der Waals surface area contributed by atoms with Crippen molar-refractivity contribution in [2.24, 2.45) is 0 Å². The summed E-state index contributed by atoms with van der Waals surface area (Å²) in [6.07, 6.45) is 5.39. The molecule has 0 spiro atoms. The normalized spacial score (nSPS) is 17.4. The standard InChI is InChI=1S/C20H17Cl2N7O2/c21-13-1-4-15(22)11(6-13)8-23-19-27-17-12(5-10-7-16(30)26-18(10)31)9-24-29(17)20(28-19)25-14-2-3-14/h1,4-6,9,14H,2-3,7-8H2,(H,26,30,31)(H2,23,25,27,28)/b10-5+. The monoisotopic (exact) mass is 457 g/mol. The number of benzene rings is 1. The lowest BCUT2D eigenvalue weighted by atomic mass is 10.1. The Morgan fingerprint density at radius 3 is 2.81 bits per heavy atom. The molecule has 0 unspecified atom stereocenters. The van der Waals surface area contributed by atoms with Crippen LogP contribution in [0, 0.1) is 0 Å². The second-order valence-corrected chi connectivity index (χ2v) is 8.28. The van der Waals surface area contributed by atoms with Gasteiger partial charge in [-0.1, -0.05) is 23.2 Å². The maximum Gasteiger partial charge on any atom is 0.254 e. The smallest absolute Gasteiger partial charge is 0.254 e. The molecule has 0 atom stereocenters. The number of anilines is 2. The van der Waals surface area contributed by atoms with Crippen molar-refractivity contribution < 1.29 is 9.59 Å². The van der Waals surface area contributed by atoms with Crippen LogP contribution in [0.1, 0.15) is 30.4 Å². The van der Waals surface area contributed by atoms with E-state index in [1.54, 1.807) is 35.0 Å². The van der Waals surface area contributed by atoms with E-state index < -0.39 is 5.91 Å². The summed E-state index contributed by atoms with van der Waals surface area (Å²) in [7, 11) is 0. The molecule has 2 amide bonds. The molecule has 1 aliphatic carbocycles. The quantitative estimate of drug-likeness (QED) is 0.384. The zero-order valence-corrected chi connectivity index (χ0v) is 17.7. The van der Waals surface area contributed by atoms with Crippen LogP contribution in [-0.2, 0) is 16.1 Å². The van der Waals surface area contributed by atoms with Crippen molar-refractivity contribution in [3.05, 3.63) is 51.1 Å². The van der Waals surface area contributed by atoms with E-state index in [-0.39, 0.29) is 12.3 Å². The number of hydrogen-bond acceptors (Lipinski definition) is 7. The topological polar surface area (TPSA) is 113 Å². The number of carbonyl (C=O) groups excluding carboxylic acids is 2. The van der Waals surface area contributed by atoms with Gasteiger partial charge in [-0.15, -0.1) is 0 Å². The molecular formula is C20H17Cl2N7O2. The Morgan fingerprint density at radius 2 is 2.06 bits per heavy atom. The van der Waals surface area contributed by atoms with Crippen molar-refractivity contribution in [2.45, 2.75) is 31.8 Å². The third-order valence-corrected chi connectivity index (χ3v) is 5.58. The lowest BCUT2D eigenvalue weighted by Gasteiger charge is -2.11. The summed E-state index contributed by atoms with van der Waals surface area (Å²) in [6, 6.07) is 5.59. The first-order valence-electron chi connectivity index (χ1n) is 9.71. The van der Waals surface area contributed by atoms with Crippen molar-refractivity contribution in [3.8, 4) is 0 Å². The van der Waals surface area contributed by atoms with Crippen molar-refractivity contribution in [2.75, 3.05) is 10.6 Å². The largest absolute Gasteiger partial charge is 0.351 e. The second kappa shape index (κ2) is 7.82. The van der Waals surface area contributed by atoms with E-state index in [2.05, 4.69) is 31.0 Å². The van der Waals surface area contributed by atoms with Gasteiger partial charge in [-0.3, -0.25) is 14.9 Å². The lowest BCUT2D eigenvalue weighted by molar-refractivity contribution is -0.124. The van der Waals surface area contributed by atoms with Gasteiger partial charge in [-0.05, 0) is 42.7 Å². The Kier molecular flexibility index (Phi) is 4.99. The van der Waals surface area contributed by atoms with Gasteiger partial charge in [0, 0.05) is 33.8 Å². The van der Waals surface area contributed by atoms with E-state index in [9.17, 15) is 9.59 Å². The number of amides is 2. The van der Waals surface area contributed by atoms with E-state index in [1.807, 2.05) is 0 Å². The number of carbonyl (C=O) groups is 2. The van der Waals surface area contributed by atoms with Gasteiger partial charge in [-0.2, -0.15) is 19.6 Å². The first kappa shape index (κ1) is 19.8. The number of aromatic nitrogens is 4. The fourth-order valence-electron chi connectivity index (χ4n) is 3.24. The van der Waals surface area contributed by atoms with Gasteiger partial charge in [0.2, 0.25) is 17.8 Å². The number of imide groups is 1. The third kappa shape index (κ3) is 4.19. The predicted octanol–water partition coefficient (Wildman–Crippen LogP) is 3.05. The highest BCUT2D eigenvalue weighted by Gasteiger charge is 2.26. The average molecular weight is 458 g/mol. The summed E-state index contributed by atoms with van der Waals surface area (Å²) < 4.78 is 1.59. The molecule has 3 N–H and O–H groups in total. The van der Waals surface area contributed by atoms with Crippen LogP contribution in [0.5, 0.6) is 0 Å². The summed E-state index contributed by atoms with van der Waals surface area (Å²) in [5.41, 5.74) is 2.31. The van der Waals surface area contributed by atoms with Crippen molar-refractivity contribution in [1.29, 1.82) is 0 Å². The van der Waals surface area contributed by atoms with E-state index in [4.69, 9.17) is 23.2 Å².